The van der Waals surface area contributed by atoms with E-state index in [0.29, 0.717) is 12.8 Å². The van der Waals surface area contributed by atoms with Gasteiger partial charge in [-0.15, -0.1) is 0 Å². The fraction of sp³-hybridized carbons (Fsp3) is 0.690. The lowest BCUT2D eigenvalue weighted by atomic mass is 10.0. The summed E-state index contributed by atoms with van der Waals surface area (Å²) in [6.07, 6.45) is 96.2. The summed E-state index contributed by atoms with van der Waals surface area (Å²) in [6.45, 7) is 4.04. The van der Waals surface area contributed by atoms with Gasteiger partial charge in [0.25, 0.3) is 0 Å². The smallest absolute Gasteiger partial charge is 0.306 e. The molecule has 0 aromatic rings. The van der Waals surface area contributed by atoms with Crippen LogP contribution < -0.4 is 0 Å². The molecule has 0 rings (SSSR count). The molecule has 0 aromatic carbocycles. The molecule has 0 bridgehead atoms. The predicted octanol–water partition coefficient (Wildman–Crippen LogP) is 22.2. The molecule has 0 fully saturated rings. The molecule has 76 heavy (non-hydrogen) atoms. The van der Waals surface area contributed by atoms with Crippen molar-refractivity contribution < 1.29 is 24.2 Å². The Morgan fingerprint density at radius 3 is 0.868 bits per heavy atom. The van der Waals surface area contributed by atoms with Gasteiger partial charge in [0.1, 0.15) is 6.61 Å². The van der Waals surface area contributed by atoms with E-state index in [1.54, 1.807) is 0 Å². The fourth-order valence-corrected chi connectivity index (χ4v) is 8.96. The van der Waals surface area contributed by atoms with Gasteiger partial charge in [0.05, 0.1) is 6.61 Å². The summed E-state index contributed by atoms with van der Waals surface area (Å²) in [5.41, 5.74) is 0. The zero-order chi connectivity index (χ0) is 54.8. The first-order valence-electron chi connectivity index (χ1n) is 32.1. The Labute approximate surface area is 471 Å². The first-order chi connectivity index (χ1) is 37.6. The van der Waals surface area contributed by atoms with Crippen molar-refractivity contribution in [1.82, 2.24) is 0 Å². The Balaban J connectivity index is 3.54. The van der Waals surface area contributed by atoms with Crippen LogP contribution in [0.2, 0.25) is 0 Å². The van der Waals surface area contributed by atoms with Crippen molar-refractivity contribution in [2.45, 2.75) is 302 Å². The van der Waals surface area contributed by atoms with Crippen molar-refractivity contribution in [3.8, 4) is 0 Å². The van der Waals surface area contributed by atoms with Gasteiger partial charge < -0.3 is 14.6 Å². The summed E-state index contributed by atoms with van der Waals surface area (Å²) in [5, 5.41) is 9.68. The SMILES string of the molecule is CC/C=C\C/C=C\C/C=C\C/C=C\C/C=C\C/C=C\C/C=C\C/C=C\C/C=C\CCCCCCCCCCCCCC(=O)OC(CO)COC(=O)CCCCCCCCCCCCC/C=C\CCCCCCCCCC. The number of unbranched alkanes of at least 4 members (excludes halogenated alkanes) is 30. The number of esters is 2. The van der Waals surface area contributed by atoms with Gasteiger partial charge in [0, 0.05) is 12.8 Å². The van der Waals surface area contributed by atoms with Crippen LogP contribution in [0.15, 0.2) is 122 Å². The average molecular weight is 1050 g/mol. The first kappa shape index (κ1) is 72.3. The summed E-state index contributed by atoms with van der Waals surface area (Å²) in [5.74, 6) is -0.591. The molecule has 0 amide bonds. The molecule has 0 heterocycles. The van der Waals surface area contributed by atoms with Gasteiger partial charge in [0.15, 0.2) is 6.10 Å². The number of carbonyl (C=O) groups excluding carboxylic acids is 2. The van der Waals surface area contributed by atoms with E-state index in [1.807, 2.05) is 0 Å². The Hall–Kier alpha value is -3.70. The lowest BCUT2D eigenvalue weighted by Crippen LogP contribution is -2.28. The molecule has 1 atom stereocenters. The standard InChI is InChI=1S/C71H120O5/c1-3-5-7-9-11-13-15-17-19-21-23-25-27-28-29-30-31-32-33-34-35-36-37-38-39-40-41-42-44-46-48-50-52-54-56-58-60-62-64-66-71(74)76-69(67-72)68-75-70(73)65-63-61-59-57-55-53-51-49-47-45-43-26-24-22-20-18-16-14-12-10-8-6-4-2/h5,7,11,13,17,19,22-25,28-29,31-32,34-35,37-38,40-41,69,72H,3-4,6,8-10,12,14-16,18,20-21,26-27,30,33,36,39,42-68H2,1-2H3/b7-5-,13-11-,19-17-,24-22-,25-23-,29-28-,32-31-,35-34-,38-37-,41-40-. The van der Waals surface area contributed by atoms with Gasteiger partial charge in [-0.1, -0.05) is 296 Å². The van der Waals surface area contributed by atoms with Crippen LogP contribution in [0.4, 0.5) is 0 Å². The van der Waals surface area contributed by atoms with E-state index in [4.69, 9.17) is 9.47 Å². The Kier molecular flexibility index (Phi) is 62.4. The van der Waals surface area contributed by atoms with E-state index < -0.39 is 6.10 Å². The number of hydrogen-bond acceptors (Lipinski definition) is 5. The van der Waals surface area contributed by atoms with Gasteiger partial charge >= 0.3 is 11.9 Å². The molecule has 1 unspecified atom stereocenters. The van der Waals surface area contributed by atoms with Crippen LogP contribution in [0.1, 0.15) is 296 Å². The number of allylic oxidation sites excluding steroid dienone is 20. The van der Waals surface area contributed by atoms with Gasteiger partial charge in [-0.3, -0.25) is 9.59 Å². The van der Waals surface area contributed by atoms with Crippen molar-refractivity contribution in [3.05, 3.63) is 122 Å². The van der Waals surface area contributed by atoms with Crippen molar-refractivity contribution >= 4 is 11.9 Å². The third-order valence-corrected chi connectivity index (χ3v) is 13.7. The zero-order valence-electron chi connectivity index (χ0n) is 49.7. The highest BCUT2D eigenvalue weighted by Crippen LogP contribution is 2.16. The van der Waals surface area contributed by atoms with E-state index in [0.717, 1.165) is 96.3 Å². The molecular weight excluding hydrogens is 933 g/mol. The zero-order valence-corrected chi connectivity index (χ0v) is 49.7. The Morgan fingerprint density at radius 1 is 0.316 bits per heavy atom. The Morgan fingerprint density at radius 2 is 0.566 bits per heavy atom. The normalized spacial score (nSPS) is 13.0. The minimum absolute atomic E-state index is 0.0706. The van der Waals surface area contributed by atoms with E-state index in [2.05, 4.69) is 135 Å². The van der Waals surface area contributed by atoms with Crippen LogP contribution in [0.25, 0.3) is 0 Å². The fourth-order valence-electron chi connectivity index (χ4n) is 8.96. The van der Waals surface area contributed by atoms with Crippen molar-refractivity contribution in [3.63, 3.8) is 0 Å². The predicted molar refractivity (Wildman–Crippen MR) is 334 cm³/mol. The second-order valence-electron chi connectivity index (χ2n) is 21.1. The lowest BCUT2D eigenvalue weighted by Gasteiger charge is -2.15. The molecular formula is C71H120O5. The van der Waals surface area contributed by atoms with Crippen molar-refractivity contribution in [1.29, 1.82) is 0 Å². The summed E-state index contributed by atoms with van der Waals surface area (Å²) in [6, 6.07) is 0. The number of aliphatic hydroxyl groups excluding tert-OH is 1. The molecule has 0 aromatic heterocycles. The molecule has 1 N–H and O–H groups in total. The molecule has 0 saturated carbocycles. The number of rotatable bonds is 58. The van der Waals surface area contributed by atoms with E-state index in [9.17, 15) is 14.7 Å². The molecule has 5 heteroatoms. The second kappa shape index (κ2) is 65.6. The Bertz CT molecular complexity index is 1520. The molecule has 0 radical (unpaired) electrons. The monoisotopic (exact) mass is 1050 g/mol. The van der Waals surface area contributed by atoms with Crippen molar-refractivity contribution in [2.24, 2.45) is 0 Å². The quantitative estimate of drug-likeness (QED) is 0.0373. The molecule has 0 saturated heterocycles. The van der Waals surface area contributed by atoms with Gasteiger partial charge in [-0.05, 0) is 109 Å². The topological polar surface area (TPSA) is 72.8 Å². The number of aliphatic hydroxyl groups is 1. The second-order valence-corrected chi connectivity index (χ2v) is 21.1. The van der Waals surface area contributed by atoms with Crippen LogP contribution in [-0.2, 0) is 19.1 Å². The van der Waals surface area contributed by atoms with Crippen LogP contribution in [-0.4, -0.2) is 36.4 Å². The maximum Gasteiger partial charge on any atom is 0.306 e. The molecule has 434 valence electrons. The highest BCUT2D eigenvalue weighted by molar-refractivity contribution is 5.70. The van der Waals surface area contributed by atoms with Crippen LogP contribution in [0, 0.1) is 0 Å². The number of hydrogen-bond donors (Lipinski definition) is 1. The minimum atomic E-state index is -0.781. The first-order valence-corrected chi connectivity index (χ1v) is 32.1. The highest BCUT2D eigenvalue weighted by atomic mass is 16.6. The maximum absolute atomic E-state index is 12.3. The maximum atomic E-state index is 12.3. The van der Waals surface area contributed by atoms with Crippen LogP contribution in [0.3, 0.4) is 0 Å². The largest absolute Gasteiger partial charge is 0.462 e. The van der Waals surface area contributed by atoms with Crippen LogP contribution in [0.5, 0.6) is 0 Å². The third-order valence-electron chi connectivity index (χ3n) is 13.7. The number of carbonyl (C=O) groups is 2. The summed E-state index contributed by atoms with van der Waals surface area (Å²) >= 11 is 0. The van der Waals surface area contributed by atoms with Gasteiger partial charge in [-0.2, -0.15) is 0 Å². The average Bonchev–Trinajstić information content (AvgIpc) is 3.42. The highest BCUT2D eigenvalue weighted by Gasteiger charge is 2.16. The minimum Gasteiger partial charge on any atom is -0.462 e. The van der Waals surface area contributed by atoms with Gasteiger partial charge in [0.2, 0.25) is 0 Å². The van der Waals surface area contributed by atoms with Crippen molar-refractivity contribution in [2.75, 3.05) is 13.2 Å². The van der Waals surface area contributed by atoms with E-state index in [-0.39, 0.29) is 25.2 Å². The molecule has 0 aliphatic carbocycles. The summed E-state index contributed by atoms with van der Waals surface area (Å²) in [7, 11) is 0. The molecule has 0 aliphatic heterocycles. The molecule has 0 spiro atoms. The summed E-state index contributed by atoms with van der Waals surface area (Å²) < 4.78 is 10.7. The molecule has 5 nitrogen and oxygen atoms in total. The van der Waals surface area contributed by atoms with E-state index in [1.165, 1.54) is 173 Å². The van der Waals surface area contributed by atoms with E-state index >= 15 is 0 Å². The third kappa shape index (κ3) is 62.8. The lowest BCUT2D eigenvalue weighted by molar-refractivity contribution is -0.161. The van der Waals surface area contributed by atoms with Gasteiger partial charge in [-0.25, -0.2) is 0 Å². The number of ether oxygens (including phenoxy) is 2. The summed E-state index contributed by atoms with van der Waals surface area (Å²) in [4.78, 5) is 24.6. The van der Waals surface area contributed by atoms with Crippen LogP contribution >= 0.6 is 0 Å². The molecule has 0 aliphatic rings.